The maximum atomic E-state index is 12.4. The summed E-state index contributed by atoms with van der Waals surface area (Å²) in [4.78, 5) is 12.4. The average Bonchev–Trinajstić information content (AvgIpc) is 3.37. The quantitative estimate of drug-likeness (QED) is 0.584. The van der Waals surface area contributed by atoms with Gasteiger partial charge in [-0.25, -0.2) is 0 Å². The summed E-state index contributed by atoms with van der Waals surface area (Å²) in [7, 11) is 0. The lowest BCUT2D eigenvalue weighted by Gasteiger charge is -2.25. The number of hydrazone groups is 1. The van der Waals surface area contributed by atoms with Crippen molar-refractivity contribution >= 4 is 52.1 Å². The summed E-state index contributed by atoms with van der Waals surface area (Å²) < 4.78 is 0. The minimum absolute atomic E-state index is 0.0238. The van der Waals surface area contributed by atoms with Crippen molar-refractivity contribution in [3.05, 3.63) is 63.1 Å². The largest absolute Gasteiger partial charge is 0.350 e. The molecule has 0 spiro atoms. The molecule has 0 bridgehead atoms. The second-order valence-electron chi connectivity index (χ2n) is 7.58. The van der Waals surface area contributed by atoms with Gasteiger partial charge in [-0.2, -0.15) is 5.10 Å². The van der Waals surface area contributed by atoms with Crippen LogP contribution in [0.4, 0.5) is 5.69 Å². The molecular weight excluding hydrogens is 429 g/mol. The Morgan fingerprint density at radius 3 is 2.41 bits per heavy atom. The molecule has 2 aliphatic rings. The van der Waals surface area contributed by atoms with Crippen LogP contribution in [0.5, 0.6) is 0 Å². The Morgan fingerprint density at radius 1 is 1.03 bits per heavy atom. The molecule has 0 radical (unpaired) electrons. The molecule has 1 saturated carbocycles. The molecule has 1 atom stereocenters. The SMILES string of the molecule is O=C(NCC1=NN(c2ccc(Cl)cc2Cl)C(c2ccc(Cl)cc2)C1)C1CCCC1. The van der Waals surface area contributed by atoms with Gasteiger partial charge in [0.05, 0.1) is 29.0 Å². The molecule has 2 aromatic carbocycles. The van der Waals surface area contributed by atoms with Crippen molar-refractivity contribution in [2.24, 2.45) is 11.0 Å². The van der Waals surface area contributed by atoms with Gasteiger partial charge in [0.2, 0.25) is 5.91 Å². The number of nitrogens with zero attached hydrogens (tertiary/aromatic N) is 2. The molecule has 29 heavy (non-hydrogen) atoms. The summed E-state index contributed by atoms with van der Waals surface area (Å²) in [6.45, 7) is 0.446. The van der Waals surface area contributed by atoms with Gasteiger partial charge in [0.1, 0.15) is 0 Å². The van der Waals surface area contributed by atoms with Gasteiger partial charge in [-0.3, -0.25) is 9.80 Å². The van der Waals surface area contributed by atoms with Crippen LogP contribution < -0.4 is 10.3 Å². The molecule has 1 fully saturated rings. The number of carbonyl (C=O) groups excluding carboxylic acids is 1. The van der Waals surface area contributed by atoms with Crippen molar-refractivity contribution in [2.75, 3.05) is 11.6 Å². The fourth-order valence-corrected chi connectivity index (χ4v) is 4.66. The van der Waals surface area contributed by atoms with Gasteiger partial charge in [-0.15, -0.1) is 0 Å². The standard InChI is InChI=1S/C22H22Cl3N3O/c23-16-7-5-14(6-8-16)21-12-18(13-26-22(29)15-3-1-2-4-15)27-28(21)20-10-9-17(24)11-19(20)25/h5-11,15,21H,1-4,12-13H2,(H,26,29). The predicted molar refractivity (Wildman–Crippen MR) is 120 cm³/mol. The zero-order valence-electron chi connectivity index (χ0n) is 15.9. The van der Waals surface area contributed by atoms with E-state index in [2.05, 4.69) is 5.32 Å². The van der Waals surface area contributed by atoms with Crippen LogP contribution in [0.25, 0.3) is 0 Å². The van der Waals surface area contributed by atoms with Crippen LogP contribution in [0.1, 0.15) is 43.7 Å². The Morgan fingerprint density at radius 2 is 1.72 bits per heavy atom. The molecule has 1 unspecified atom stereocenters. The maximum Gasteiger partial charge on any atom is 0.223 e. The third-order valence-corrected chi connectivity index (χ3v) is 6.37. The maximum absolute atomic E-state index is 12.4. The fraction of sp³-hybridized carbons (Fsp3) is 0.364. The Balaban J connectivity index is 1.56. The van der Waals surface area contributed by atoms with Crippen LogP contribution in [0.15, 0.2) is 47.6 Å². The Kier molecular flexibility index (Phi) is 6.33. The molecule has 4 rings (SSSR count). The minimum atomic E-state index is -0.0238. The van der Waals surface area contributed by atoms with E-state index in [4.69, 9.17) is 39.9 Å². The molecule has 0 aromatic heterocycles. The van der Waals surface area contributed by atoms with Crippen LogP contribution in [0.2, 0.25) is 15.1 Å². The molecule has 1 amide bonds. The van der Waals surface area contributed by atoms with E-state index in [1.807, 2.05) is 35.3 Å². The van der Waals surface area contributed by atoms with Crippen molar-refractivity contribution in [2.45, 2.75) is 38.1 Å². The topological polar surface area (TPSA) is 44.7 Å². The number of anilines is 1. The first-order valence-electron chi connectivity index (χ1n) is 9.85. The predicted octanol–water partition coefficient (Wildman–Crippen LogP) is 6.26. The molecule has 1 N–H and O–H groups in total. The van der Waals surface area contributed by atoms with E-state index < -0.39 is 0 Å². The highest BCUT2D eigenvalue weighted by atomic mass is 35.5. The summed E-state index contributed by atoms with van der Waals surface area (Å²) in [5, 5.41) is 11.6. The van der Waals surface area contributed by atoms with Crippen molar-refractivity contribution in [3.63, 3.8) is 0 Å². The van der Waals surface area contributed by atoms with Crippen LogP contribution >= 0.6 is 34.8 Å². The van der Waals surface area contributed by atoms with E-state index in [1.165, 1.54) is 0 Å². The van der Waals surface area contributed by atoms with Crippen molar-refractivity contribution < 1.29 is 4.79 Å². The zero-order chi connectivity index (χ0) is 20.4. The third kappa shape index (κ3) is 4.71. The molecule has 1 aliphatic carbocycles. The van der Waals surface area contributed by atoms with Gasteiger partial charge in [0.25, 0.3) is 0 Å². The molecule has 2 aromatic rings. The zero-order valence-corrected chi connectivity index (χ0v) is 18.1. The molecule has 7 heteroatoms. The number of carbonyl (C=O) groups is 1. The van der Waals surface area contributed by atoms with E-state index >= 15 is 0 Å². The van der Waals surface area contributed by atoms with Crippen LogP contribution in [-0.4, -0.2) is 18.2 Å². The van der Waals surface area contributed by atoms with Gasteiger partial charge in [-0.1, -0.05) is 59.8 Å². The smallest absolute Gasteiger partial charge is 0.223 e. The normalized spacial score (nSPS) is 19.5. The number of halogens is 3. The summed E-state index contributed by atoms with van der Waals surface area (Å²) in [6, 6.07) is 13.1. The highest BCUT2D eigenvalue weighted by Gasteiger charge is 2.31. The molecule has 1 aliphatic heterocycles. The summed E-state index contributed by atoms with van der Waals surface area (Å²) in [6.07, 6.45) is 4.95. The Labute approximate surface area is 185 Å². The minimum Gasteiger partial charge on any atom is -0.350 e. The lowest BCUT2D eigenvalue weighted by atomic mass is 10.0. The number of benzene rings is 2. The molecule has 0 saturated heterocycles. The monoisotopic (exact) mass is 449 g/mol. The lowest BCUT2D eigenvalue weighted by molar-refractivity contribution is -0.124. The van der Waals surface area contributed by atoms with E-state index in [-0.39, 0.29) is 17.9 Å². The van der Waals surface area contributed by atoms with E-state index in [0.717, 1.165) is 42.6 Å². The number of hydrogen-bond acceptors (Lipinski definition) is 3. The molecule has 152 valence electrons. The van der Waals surface area contributed by atoms with E-state index in [9.17, 15) is 4.79 Å². The summed E-state index contributed by atoms with van der Waals surface area (Å²) in [5.74, 6) is 0.280. The van der Waals surface area contributed by atoms with Gasteiger partial charge in [0, 0.05) is 22.4 Å². The van der Waals surface area contributed by atoms with Crippen LogP contribution in [-0.2, 0) is 4.79 Å². The first kappa shape index (κ1) is 20.5. The van der Waals surface area contributed by atoms with E-state index in [1.54, 1.807) is 12.1 Å². The Hall–Kier alpha value is -1.75. The lowest BCUT2D eigenvalue weighted by Crippen LogP contribution is -2.33. The van der Waals surface area contributed by atoms with E-state index in [0.29, 0.717) is 28.0 Å². The third-order valence-electron chi connectivity index (χ3n) is 5.58. The van der Waals surface area contributed by atoms with Crippen LogP contribution in [0, 0.1) is 5.92 Å². The Bertz CT molecular complexity index is 923. The number of nitrogens with one attached hydrogen (secondary N) is 1. The van der Waals surface area contributed by atoms with Gasteiger partial charge >= 0.3 is 0 Å². The van der Waals surface area contributed by atoms with Gasteiger partial charge in [0.15, 0.2) is 0 Å². The van der Waals surface area contributed by atoms with Crippen molar-refractivity contribution in [1.29, 1.82) is 0 Å². The fourth-order valence-electron chi connectivity index (χ4n) is 4.03. The first-order valence-corrected chi connectivity index (χ1v) is 11.0. The van der Waals surface area contributed by atoms with Gasteiger partial charge in [-0.05, 0) is 48.7 Å². The summed E-state index contributed by atoms with van der Waals surface area (Å²) >= 11 is 18.6. The highest BCUT2D eigenvalue weighted by molar-refractivity contribution is 6.36. The van der Waals surface area contributed by atoms with Crippen molar-refractivity contribution in [1.82, 2.24) is 5.32 Å². The second kappa shape index (κ2) is 8.95. The first-order chi connectivity index (χ1) is 14.0. The number of amides is 1. The average molecular weight is 451 g/mol. The number of hydrogen-bond donors (Lipinski definition) is 1. The number of rotatable bonds is 5. The molecule has 4 nitrogen and oxygen atoms in total. The molecule has 1 heterocycles. The van der Waals surface area contributed by atoms with Gasteiger partial charge < -0.3 is 5.32 Å². The summed E-state index contributed by atoms with van der Waals surface area (Å²) in [5.41, 5.74) is 2.79. The van der Waals surface area contributed by atoms with Crippen LogP contribution in [0.3, 0.4) is 0 Å². The van der Waals surface area contributed by atoms with Crippen molar-refractivity contribution in [3.8, 4) is 0 Å². The second-order valence-corrected chi connectivity index (χ2v) is 8.86. The molecular formula is C22H22Cl3N3O. The highest BCUT2D eigenvalue weighted by Crippen LogP contribution is 2.39.